The number of anilines is 1. The summed E-state index contributed by atoms with van der Waals surface area (Å²) in [5.41, 5.74) is 2.21. The fourth-order valence-corrected chi connectivity index (χ4v) is 3.87. The van der Waals surface area contributed by atoms with Gasteiger partial charge >= 0.3 is 0 Å². The van der Waals surface area contributed by atoms with Crippen LogP contribution in [0.3, 0.4) is 0 Å². The number of nitrogens with zero attached hydrogens (tertiary/aromatic N) is 5. The normalized spacial score (nSPS) is 17.6. The molecule has 4 heterocycles. The third-order valence-electron chi connectivity index (χ3n) is 4.85. The summed E-state index contributed by atoms with van der Waals surface area (Å²) in [6, 6.07) is 5.46. The van der Waals surface area contributed by atoms with Crippen molar-refractivity contribution in [3.8, 4) is 11.4 Å². The summed E-state index contributed by atoms with van der Waals surface area (Å²) in [4.78, 5) is 21.9. The molecule has 9 nitrogen and oxygen atoms in total. The molecule has 10 heteroatoms. The highest BCUT2D eigenvalue weighted by Crippen LogP contribution is 2.29. The minimum atomic E-state index is -0.361. The molecular weight excluding hydrogens is 424 g/mol. The SMILES string of the molecule is O=C1NCCCC[C@H]1Nc1nc2c(Br)cccc2c2nc(-c3cn[nH]c3)nn12. The summed E-state index contributed by atoms with van der Waals surface area (Å²) in [6.45, 7) is 0.705. The number of aromatic nitrogens is 6. The number of para-hydroxylation sites is 1. The van der Waals surface area contributed by atoms with Crippen LogP contribution < -0.4 is 10.6 Å². The van der Waals surface area contributed by atoms with Gasteiger partial charge in [-0.15, -0.1) is 5.10 Å². The van der Waals surface area contributed by atoms with Crippen molar-refractivity contribution in [2.24, 2.45) is 0 Å². The smallest absolute Gasteiger partial charge is 0.242 e. The largest absolute Gasteiger partial charge is 0.354 e. The van der Waals surface area contributed by atoms with Crippen LogP contribution in [0.2, 0.25) is 0 Å². The van der Waals surface area contributed by atoms with E-state index >= 15 is 0 Å². The lowest BCUT2D eigenvalue weighted by molar-refractivity contribution is -0.121. The Morgan fingerprint density at radius 1 is 1.25 bits per heavy atom. The Morgan fingerprint density at radius 3 is 3.04 bits per heavy atom. The van der Waals surface area contributed by atoms with Crippen LogP contribution in [0, 0.1) is 0 Å². The number of fused-ring (bicyclic) bond motifs is 3. The second-order valence-corrected chi connectivity index (χ2v) is 7.57. The van der Waals surface area contributed by atoms with E-state index in [2.05, 4.69) is 41.9 Å². The Kier molecular flexibility index (Phi) is 4.19. The van der Waals surface area contributed by atoms with Crippen molar-refractivity contribution < 1.29 is 4.79 Å². The highest BCUT2D eigenvalue weighted by atomic mass is 79.9. The summed E-state index contributed by atoms with van der Waals surface area (Å²) in [5, 5.41) is 18.5. The Bertz CT molecular complexity index is 1170. The first kappa shape index (κ1) is 17.1. The standard InChI is InChI=1S/C18H17BrN8O/c19-12-5-3-4-11-14(12)24-18(23-13-6-1-2-7-20-17(13)28)27-16(11)25-15(26-27)10-8-21-22-9-10/h3-5,8-9,13H,1-2,6-7H2,(H,20,28)(H,21,22)(H,23,24)/t13-/m1/s1. The van der Waals surface area contributed by atoms with Crippen molar-refractivity contribution in [1.29, 1.82) is 0 Å². The first-order valence-electron chi connectivity index (χ1n) is 9.09. The zero-order valence-corrected chi connectivity index (χ0v) is 16.4. The number of amides is 1. The molecule has 1 fully saturated rings. The Balaban J connectivity index is 1.69. The quantitative estimate of drug-likeness (QED) is 0.451. The van der Waals surface area contributed by atoms with Crippen LogP contribution in [-0.4, -0.2) is 48.3 Å². The minimum Gasteiger partial charge on any atom is -0.354 e. The van der Waals surface area contributed by atoms with E-state index in [0.717, 1.165) is 40.2 Å². The molecule has 1 aliphatic heterocycles. The number of carbonyl (C=O) groups is 1. The van der Waals surface area contributed by atoms with E-state index in [0.29, 0.717) is 24.0 Å². The van der Waals surface area contributed by atoms with Gasteiger partial charge in [-0.05, 0) is 47.3 Å². The van der Waals surface area contributed by atoms with E-state index in [9.17, 15) is 4.79 Å². The van der Waals surface area contributed by atoms with Gasteiger partial charge in [0.2, 0.25) is 11.9 Å². The molecule has 1 atom stereocenters. The van der Waals surface area contributed by atoms with Crippen molar-refractivity contribution in [1.82, 2.24) is 35.1 Å². The van der Waals surface area contributed by atoms with Crippen molar-refractivity contribution >= 4 is 44.3 Å². The number of rotatable bonds is 3. The first-order valence-corrected chi connectivity index (χ1v) is 9.88. The van der Waals surface area contributed by atoms with Gasteiger partial charge in [-0.3, -0.25) is 9.89 Å². The van der Waals surface area contributed by atoms with Crippen molar-refractivity contribution in [3.63, 3.8) is 0 Å². The van der Waals surface area contributed by atoms with Crippen LogP contribution in [0.1, 0.15) is 19.3 Å². The molecule has 0 saturated carbocycles. The van der Waals surface area contributed by atoms with Crippen LogP contribution in [0.5, 0.6) is 0 Å². The van der Waals surface area contributed by atoms with Crippen molar-refractivity contribution in [2.45, 2.75) is 25.3 Å². The molecule has 0 bridgehead atoms. The lowest BCUT2D eigenvalue weighted by Gasteiger charge is -2.17. The van der Waals surface area contributed by atoms with Gasteiger partial charge in [0.25, 0.3) is 0 Å². The van der Waals surface area contributed by atoms with Gasteiger partial charge in [0.05, 0.1) is 17.3 Å². The number of hydrogen-bond donors (Lipinski definition) is 3. The molecule has 142 valence electrons. The average Bonchev–Trinajstić information content (AvgIpc) is 3.33. The van der Waals surface area contributed by atoms with Gasteiger partial charge in [0, 0.05) is 22.6 Å². The lowest BCUT2D eigenvalue weighted by Crippen LogP contribution is -2.38. The molecule has 1 aromatic carbocycles. The second kappa shape index (κ2) is 6.86. The Morgan fingerprint density at radius 2 is 2.18 bits per heavy atom. The second-order valence-electron chi connectivity index (χ2n) is 6.71. The molecule has 28 heavy (non-hydrogen) atoms. The summed E-state index contributed by atoms with van der Waals surface area (Å²) in [6.07, 6.45) is 6.10. The number of aromatic amines is 1. The zero-order chi connectivity index (χ0) is 19.1. The monoisotopic (exact) mass is 440 g/mol. The van der Waals surface area contributed by atoms with E-state index in [1.54, 1.807) is 16.9 Å². The summed E-state index contributed by atoms with van der Waals surface area (Å²) in [5.74, 6) is 1.00. The van der Waals surface area contributed by atoms with Gasteiger partial charge in [0.1, 0.15) is 6.04 Å². The zero-order valence-electron chi connectivity index (χ0n) is 14.8. The summed E-state index contributed by atoms with van der Waals surface area (Å²) < 4.78 is 2.52. The third-order valence-corrected chi connectivity index (χ3v) is 5.49. The molecule has 1 aliphatic rings. The van der Waals surface area contributed by atoms with Gasteiger partial charge in [-0.2, -0.15) is 9.61 Å². The van der Waals surface area contributed by atoms with E-state index in [4.69, 9.17) is 9.97 Å². The van der Waals surface area contributed by atoms with Crippen LogP contribution in [0.15, 0.2) is 35.1 Å². The van der Waals surface area contributed by atoms with E-state index < -0.39 is 0 Å². The van der Waals surface area contributed by atoms with Gasteiger partial charge in [-0.25, -0.2) is 9.97 Å². The highest BCUT2D eigenvalue weighted by Gasteiger charge is 2.24. The summed E-state index contributed by atoms with van der Waals surface area (Å²) in [7, 11) is 0. The molecule has 4 aromatic rings. The number of H-pyrrole nitrogens is 1. The third kappa shape index (κ3) is 2.89. The van der Waals surface area contributed by atoms with E-state index in [1.807, 2.05) is 18.2 Å². The highest BCUT2D eigenvalue weighted by molar-refractivity contribution is 9.10. The van der Waals surface area contributed by atoms with Crippen LogP contribution >= 0.6 is 15.9 Å². The maximum atomic E-state index is 12.4. The van der Waals surface area contributed by atoms with Crippen LogP contribution in [0.25, 0.3) is 27.9 Å². The molecule has 0 aliphatic carbocycles. The van der Waals surface area contributed by atoms with E-state index in [-0.39, 0.29) is 11.9 Å². The number of carbonyl (C=O) groups excluding carboxylic acids is 1. The molecule has 3 aromatic heterocycles. The van der Waals surface area contributed by atoms with Crippen molar-refractivity contribution in [2.75, 3.05) is 11.9 Å². The van der Waals surface area contributed by atoms with Gasteiger partial charge in [-0.1, -0.05) is 6.07 Å². The van der Waals surface area contributed by atoms with E-state index in [1.165, 1.54) is 0 Å². The molecule has 0 radical (unpaired) electrons. The fourth-order valence-electron chi connectivity index (χ4n) is 3.42. The van der Waals surface area contributed by atoms with Crippen LogP contribution in [0.4, 0.5) is 5.95 Å². The molecule has 1 saturated heterocycles. The lowest BCUT2D eigenvalue weighted by atomic mass is 10.1. The number of hydrogen-bond acceptors (Lipinski definition) is 6. The fraction of sp³-hybridized carbons (Fsp3) is 0.278. The molecule has 3 N–H and O–H groups in total. The van der Waals surface area contributed by atoms with Gasteiger partial charge in [0.15, 0.2) is 11.5 Å². The molecule has 0 spiro atoms. The molecule has 5 rings (SSSR count). The maximum absolute atomic E-state index is 12.4. The first-order chi connectivity index (χ1) is 13.7. The van der Waals surface area contributed by atoms with Crippen molar-refractivity contribution in [3.05, 3.63) is 35.1 Å². The predicted octanol–water partition coefficient (Wildman–Crippen LogP) is 2.51. The number of benzene rings is 1. The molecular formula is C18H17BrN8O. The summed E-state index contributed by atoms with van der Waals surface area (Å²) >= 11 is 3.57. The predicted molar refractivity (Wildman–Crippen MR) is 108 cm³/mol. The van der Waals surface area contributed by atoms with Gasteiger partial charge < -0.3 is 10.6 Å². The Hall–Kier alpha value is -3.01. The topological polar surface area (TPSA) is 113 Å². The maximum Gasteiger partial charge on any atom is 0.242 e. The molecule has 0 unspecified atom stereocenters. The average molecular weight is 441 g/mol. The molecule has 1 amide bonds. The Labute approximate surface area is 168 Å². The van der Waals surface area contributed by atoms with Crippen LogP contribution in [-0.2, 0) is 4.79 Å². The number of nitrogens with one attached hydrogen (secondary N) is 3. The minimum absolute atomic E-state index is 0.0187. The number of halogens is 1.